The Hall–Kier alpha value is -4.18. The summed E-state index contributed by atoms with van der Waals surface area (Å²) in [4.78, 5) is 19.9. The second-order valence-electron chi connectivity index (χ2n) is 6.47. The minimum atomic E-state index is -3.95. The number of nitrogens with zero attached hydrogens (tertiary/aromatic N) is 2. The normalized spacial score (nSPS) is 11.2. The summed E-state index contributed by atoms with van der Waals surface area (Å²) in [5.74, 6) is -2.05. The van der Waals surface area contributed by atoms with E-state index in [9.17, 15) is 18.3 Å². The minimum Gasteiger partial charge on any atom is -0.872 e. The molecule has 0 spiro atoms. The number of para-hydroxylation sites is 2. The number of rotatable bonds is 6. The first-order chi connectivity index (χ1) is 14.8. The molecule has 0 radical (unpaired) electrons. The fourth-order valence-corrected chi connectivity index (χ4v) is 3.89. The number of hydrogen-bond acceptors (Lipinski definition) is 7. The van der Waals surface area contributed by atoms with Crippen LogP contribution in [0, 0.1) is 0 Å². The van der Waals surface area contributed by atoms with Gasteiger partial charge in [-0.3, -0.25) is 4.72 Å². The topological polar surface area (TPSA) is 144 Å². The van der Waals surface area contributed by atoms with Crippen molar-refractivity contribution >= 4 is 44.3 Å². The van der Waals surface area contributed by atoms with E-state index in [4.69, 9.17) is 5.11 Å². The molecular weight excluding hydrogens is 420 g/mol. The van der Waals surface area contributed by atoms with Crippen molar-refractivity contribution in [3.63, 3.8) is 0 Å². The van der Waals surface area contributed by atoms with Gasteiger partial charge in [-0.1, -0.05) is 36.1 Å². The SMILES string of the molecule is O=C(O)c1ccc(Nc2nc3ccccc3nc2NS(=O)(=O)c2ccccc2)cc1[O-]. The van der Waals surface area contributed by atoms with Crippen molar-refractivity contribution in [2.45, 2.75) is 4.90 Å². The summed E-state index contributed by atoms with van der Waals surface area (Å²) < 4.78 is 28.0. The monoisotopic (exact) mass is 435 g/mol. The van der Waals surface area contributed by atoms with E-state index in [2.05, 4.69) is 20.0 Å². The number of aromatic carboxylic acids is 1. The molecule has 0 aliphatic rings. The van der Waals surface area contributed by atoms with Crippen molar-refractivity contribution in [2.75, 3.05) is 10.0 Å². The highest BCUT2D eigenvalue weighted by Crippen LogP contribution is 2.28. The number of fused-ring (bicyclic) bond motifs is 1. The molecule has 0 aliphatic carbocycles. The van der Waals surface area contributed by atoms with Crippen LogP contribution < -0.4 is 15.1 Å². The highest BCUT2D eigenvalue weighted by Gasteiger charge is 2.19. The zero-order chi connectivity index (χ0) is 22.0. The molecule has 31 heavy (non-hydrogen) atoms. The Labute approximate surface area is 177 Å². The van der Waals surface area contributed by atoms with Gasteiger partial charge in [-0.05, 0) is 42.5 Å². The maximum absolute atomic E-state index is 12.8. The highest BCUT2D eigenvalue weighted by atomic mass is 32.2. The maximum Gasteiger partial charge on any atom is 0.335 e. The second kappa shape index (κ2) is 7.92. The van der Waals surface area contributed by atoms with Gasteiger partial charge >= 0.3 is 5.97 Å². The average molecular weight is 435 g/mol. The lowest BCUT2D eigenvalue weighted by Gasteiger charge is -2.16. The van der Waals surface area contributed by atoms with Crippen LogP contribution in [-0.4, -0.2) is 29.5 Å². The lowest BCUT2D eigenvalue weighted by molar-refractivity contribution is -0.268. The molecule has 156 valence electrons. The molecule has 9 nitrogen and oxygen atoms in total. The van der Waals surface area contributed by atoms with Gasteiger partial charge in [-0.15, -0.1) is 0 Å². The van der Waals surface area contributed by atoms with Crippen LogP contribution in [0.5, 0.6) is 5.75 Å². The number of sulfonamides is 1. The Bertz CT molecular complexity index is 1390. The molecule has 0 unspecified atom stereocenters. The molecule has 0 fully saturated rings. The Morgan fingerprint density at radius 2 is 1.48 bits per heavy atom. The van der Waals surface area contributed by atoms with Crippen molar-refractivity contribution in [3.05, 3.63) is 78.4 Å². The van der Waals surface area contributed by atoms with Crippen LogP contribution in [0.25, 0.3) is 11.0 Å². The van der Waals surface area contributed by atoms with Gasteiger partial charge in [0.2, 0.25) is 0 Å². The molecule has 3 aromatic carbocycles. The quantitative estimate of drug-likeness (QED) is 0.419. The number of carboxylic acid groups (broad SMARTS) is 1. The molecule has 10 heteroatoms. The van der Waals surface area contributed by atoms with Crippen molar-refractivity contribution in [1.29, 1.82) is 0 Å². The van der Waals surface area contributed by atoms with Crippen LogP contribution in [0.1, 0.15) is 10.4 Å². The molecule has 0 bridgehead atoms. The highest BCUT2D eigenvalue weighted by molar-refractivity contribution is 7.92. The van der Waals surface area contributed by atoms with E-state index >= 15 is 0 Å². The molecule has 1 aromatic heterocycles. The van der Waals surface area contributed by atoms with E-state index in [1.165, 1.54) is 18.2 Å². The Morgan fingerprint density at radius 3 is 2.10 bits per heavy atom. The molecule has 1 heterocycles. The summed E-state index contributed by atoms with van der Waals surface area (Å²) in [7, 11) is -3.95. The second-order valence-corrected chi connectivity index (χ2v) is 8.15. The largest absolute Gasteiger partial charge is 0.872 e. The van der Waals surface area contributed by atoms with Gasteiger partial charge in [0.15, 0.2) is 11.6 Å². The molecule has 4 rings (SSSR count). The van der Waals surface area contributed by atoms with Gasteiger partial charge in [0.25, 0.3) is 10.0 Å². The summed E-state index contributed by atoms with van der Waals surface area (Å²) in [6.45, 7) is 0. The lowest BCUT2D eigenvalue weighted by Crippen LogP contribution is -2.16. The number of anilines is 3. The van der Waals surface area contributed by atoms with Crippen molar-refractivity contribution in [2.24, 2.45) is 0 Å². The maximum atomic E-state index is 12.8. The Kier molecular flexibility index (Phi) is 5.14. The van der Waals surface area contributed by atoms with Gasteiger partial charge in [0.1, 0.15) is 0 Å². The number of aromatic nitrogens is 2. The molecular formula is C21H15N4O5S-. The van der Waals surface area contributed by atoms with Crippen LogP contribution in [-0.2, 0) is 10.0 Å². The average Bonchev–Trinajstić information content (AvgIpc) is 2.74. The number of hydrogen-bond donors (Lipinski definition) is 3. The standard InChI is InChI=1S/C21H16N4O5S/c26-18-12-13(10-11-15(18)21(27)28)22-19-20(24-17-9-5-4-8-16(17)23-19)25-31(29,30)14-6-2-1-3-7-14/h1-12,26H,(H,22,23)(H,24,25)(H,27,28)/p-1. The lowest BCUT2D eigenvalue weighted by atomic mass is 10.2. The van der Waals surface area contributed by atoms with E-state index in [0.29, 0.717) is 11.0 Å². The first kappa shape index (κ1) is 20.1. The fraction of sp³-hybridized carbons (Fsp3) is 0. The summed E-state index contributed by atoms with van der Waals surface area (Å²) in [5.41, 5.74) is 0.821. The van der Waals surface area contributed by atoms with Gasteiger partial charge in [0.05, 0.1) is 21.5 Å². The molecule has 0 aliphatic heterocycles. The third-order valence-electron chi connectivity index (χ3n) is 4.33. The van der Waals surface area contributed by atoms with Gasteiger partial charge in [-0.25, -0.2) is 23.2 Å². The summed E-state index contributed by atoms with van der Waals surface area (Å²) in [6.07, 6.45) is 0. The number of carboxylic acids is 1. The Morgan fingerprint density at radius 1 is 0.871 bits per heavy atom. The molecule has 0 atom stereocenters. The minimum absolute atomic E-state index is 0.0450. The predicted molar refractivity (Wildman–Crippen MR) is 113 cm³/mol. The predicted octanol–water partition coefficient (Wildman–Crippen LogP) is 2.95. The van der Waals surface area contributed by atoms with Crippen molar-refractivity contribution in [3.8, 4) is 5.75 Å². The number of carbonyl (C=O) groups is 1. The number of nitrogens with one attached hydrogen (secondary N) is 2. The Balaban J connectivity index is 1.77. The van der Waals surface area contributed by atoms with Gasteiger partial charge < -0.3 is 15.5 Å². The van der Waals surface area contributed by atoms with Crippen LogP contribution in [0.2, 0.25) is 0 Å². The summed E-state index contributed by atoms with van der Waals surface area (Å²) in [5, 5.41) is 23.9. The van der Waals surface area contributed by atoms with Crippen LogP contribution >= 0.6 is 0 Å². The van der Waals surface area contributed by atoms with Crippen molar-refractivity contribution in [1.82, 2.24) is 9.97 Å². The zero-order valence-corrected chi connectivity index (χ0v) is 16.6. The molecule has 0 saturated heterocycles. The van der Waals surface area contributed by atoms with E-state index in [-0.39, 0.29) is 27.8 Å². The summed E-state index contributed by atoms with van der Waals surface area (Å²) >= 11 is 0. The van der Waals surface area contributed by atoms with E-state index < -0.39 is 21.7 Å². The van der Waals surface area contributed by atoms with E-state index in [1.807, 2.05) is 0 Å². The molecule has 0 saturated carbocycles. The van der Waals surface area contributed by atoms with E-state index in [1.54, 1.807) is 42.5 Å². The van der Waals surface area contributed by atoms with Gasteiger partial charge in [0, 0.05) is 5.69 Å². The fourth-order valence-electron chi connectivity index (χ4n) is 2.86. The zero-order valence-electron chi connectivity index (χ0n) is 15.8. The van der Waals surface area contributed by atoms with Crippen LogP contribution in [0.4, 0.5) is 17.3 Å². The molecule has 0 amide bonds. The summed E-state index contributed by atoms with van der Waals surface area (Å²) in [6, 6.07) is 18.3. The van der Waals surface area contributed by atoms with Crippen LogP contribution in [0.3, 0.4) is 0 Å². The smallest absolute Gasteiger partial charge is 0.335 e. The third-order valence-corrected chi connectivity index (χ3v) is 5.68. The van der Waals surface area contributed by atoms with Crippen molar-refractivity contribution < 1.29 is 23.4 Å². The molecule has 4 aromatic rings. The van der Waals surface area contributed by atoms with Gasteiger partial charge in [-0.2, -0.15) is 0 Å². The van der Waals surface area contributed by atoms with Crippen LogP contribution in [0.15, 0.2) is 77.7 Å². The first-order valence-electron chi connectivity index (χ1n) is 8.99. The number of benzene rings is 3. The third kappa shape index (κ3) is 4.23. The van der Waals surface area contributed by atoms with E-state index in [0.717, 1.165) is 12.1 Å². The first-order valence-corrected chi connectivity index (χ1v) is 10.5. The molecule has 3 N–H and O–H groups in total.